The molecule has 2 aromatic carbocycles. The molecule has 2 rings (SSSR count). The van der Waals surface area contributed by atoms with Crippen molar-refractivity contribution >= 4 is 17.3 Å². The summed E-state index contributed by atoms with van der Waals surface area (Å²) >= 11 is 0. The van der Waals surface area contributed by atoms with Gasteiger partial charge in [0.25, 0.3) is 0 Å². The lowest BCUT2D eigenvalue weighted by atomic mass is 10.1. The molecule has 0 N–H and O–H groups in total. The van der Waals surface area contributed by atoms with E-state index in [1.807, 2.05) is 19.0 Å². The summed E-state index contributed by atoms with van der Waals surface area (Å²) in [6.45, 7) is 0.609. The van der Waals surface area contributed by atoms with E-state index in [1.165, 1.54) is 21.9 Å². The SMILES string of the molecule is COc1ccc(N(C)C(=O)CN(CCN(C)C)c2ccccc2C(F)(F)F)cc1. The number of hydrogen-bond acceptors (Lipinski definition) is 4. The van der Waals surface area contributed by atoms with Crippen LogP contribution in [-0.2, 0) is 11.0 Å². The Labute approximate surface area is 169 Å². The van der Waals surface area contributed by atoms with Crippen molar-refractivity contribution in [3.63, 3.8) is 0 Å². The van der Waals surface area contributed by atoms with Gasteiger partial charge in [-0.2, -0.15) is 13.2 Å². The highest BCUT2D eigenvalue weighted by atomic mass is 19.4. The normalized spacial score (nSPS) is 11.4. The van der Waals surface area contributed by atoms with Crippen LogP contribution in [-0.4, -0.2) is 58.7 Å². The lowest BCUT2D eigenvalue weighted by Crippen LogP contribution is -2.42. The maximum absolute atomic E-state index is 13.5. The van der Waals surface area contributed by atoms with Crippen LogP contribution >= 0.6 is 0 Å². The summed E-state index contributed by atoms with van der Waals surface area (Å²) in [7, 11) is 6.81. The molecule has 158 valence electrons. The summed E-state index contributed by atoms with van der Waals surface area (Å²) in [6.07, 6.45) is -4.50. The summed E-state index contributed by atoms with van der Waals surface area (Å²) in [5.41, 5.74) is -0.121. The predicted octanol–water partition coefficient (Wildman–Crippen LogP) is 3.75. The van der Waals surface area contributed by atoms with Crippen LogP contribution in [0.5, 0.6) is 5.75 Å². The molecule has 0 atom stereocenters. The van der Waals surface area contributed by atoms with Gasteiger partial charge in [-0.1, -0.05) is 12.1 Å². The molecule has 0 aliphatic carbocycles. The number of carbonyl (C=O) groups is 1. The smallest absolute Gasteiger partial charge is 0.418 e. The number of rotatable bonds is 8. The molecule has 0 fully saturated rings. The molecule has 29 heavy (non-hydrogen) atoms. The topological polar surface area (TPSA) is 36.0 Å². The first-order valence-electron chi connectivity index (χ1n) is 9.10. The van der Waals surface area contributed by atoms with Gasteiger partial charge in [-0.15, -0.1) is 0 Å². The molecular formula is C21H26F3N3O2. The summed E-state index contributed by atoms with van der Waals surface area (Å²) in [6, 6.07) is 12.2. The van der Waals surface area contributed by atoms with Crippen LogP contribution in [0.2, 0.25) is 0 Å². The highest BCUT2D eigenvalue weighted by Crippen LogP contribution is 2.36. The van der Waals surface area contributed by atoms with E-state index in [2.05, 4.69) is 0 Å². The molecule has 0 aromatic heterocycles. The number of ether oxygens (including phenoxy) is 1. The zero-order chi connectivity index (χ0) is 21.6. The zero-order valence-electron chi connectivity index (χ0n) is 17.0. The Morgan fingerprint density at radius 3 is 2.14 bits per heavy atom. The summed E-state index contributed by atoms with van der Waals surface area (Å²) < 4.78 is 45.6. The second-order valence-electron chi connectivity index (χ2n) is 6.89. The molecule has 0 saturated carbocycles. The van der Waals surface area contributed by atoms with E-state index in [-0.39, 0.29) is 24.7 Å². The molecule has 0 saturated heterocycles. The molecule has 0 spiro atoms. The summed E-state index contributed by atoms with van der Waals surface area (Å²) in [4.78, 5) is 17.6. The fourth-order valence-corrected chi connectivity index (χ4v) is 2.81. The number of nitrogens with zero attached hydrogens (tertiary/aromatic N) is 3. The van der Waals surface area contributed by atoms with Crippen molar-refractivity contribution in [3.05, 3.63) is 54.1 Å². The van der Waals surface area contributed by atoms with Crippen LogP contribution < -0.4 is 14.5 Å². The number of likely N-dealkylation sites (N-methyl/N-ethyl adjacent to an activating group) is 2. The molecule has 2 aromatic rings. The van der Waals surface area contributed by atoms with Crippen molar-refractivity contribution in [2.45, 2.75) is 6.18 Å². The molecule has 0 radical (unpaired) electrons. The number of anilines is 2. The quantitative estimate of drug-likeness (QED) is 0.666. The van der Waals surface area contributed by atoms with Gasteiger partial charge in [0.1, 0.15) is 5.75 Å². The molecule has 8 heteroatoms. The first-order chi connectivity index (χ1) is 13.6. The highest BCUT2D eigenvalue weighted by molar-refractivity contribution is 5.96. The van der Waals surface area contributed by atoms with Crippen LogP contribution in [0.3, 0.4) is 0 Å². The van der Waals surface area contributed by atoms with Gasteiger partial charge in [0, 0.05) is 31.5 Å². The van der Waals surface area contributed by atoms with Gasteiger partial charge >= 0.3 is 6.18 Å². The van der Waals surface area contributed by atoms with E-state index >= 15 is 0 Å². The standard InChI is InChI=1S/C21H26F3N3O2/c1-25(2)13-14-27(19-8-6-5-7-18(19)21(22,23)24)15-20(28)26(3)16-9-11-17(29-4)12-10-16/h5-12H,13-15H2,1-4H3. The molecule has 0 unspecified atom stereocenters. The van der Waals surface area contributed by atoms with Crippen LogP contribution in [0.15, 0.2) is 48.5 Å². The van der Waals surface area contributed by atoms with Gasteiger partial charge in [0.05, 0.1) is 19.2 Å². The Balaban J connectivity index is 2.27. The Bertz CT molecular complexity index is 808. The lowest BCUT2D eigenvalue weighted by Gasteiger charge is -2.30. The molecule has 0 aliphatic heterocycles. The van der Waals surface area contributed by atoms with Gasteiger partial charge in [0.15, 0.2) is 0 Å². The fourth-order valence-electron chi connectivity index (χ4n) is 2.81. The molecular weight excluding hydrogens is 383 g/mol. The monoisotopic (exact) mass is 409 g/mol. The van der Waals surface area contributed by atoms with E-state index in [1.54, 1.807) is 44.5 Å². The average Bonchev–Trinajstić information content (AvgIpc) is 2.69. The maximum atomic E-state index is 13.5. The second kappa shape index (κ2) is 9.65. The first kappa shape index (κ1) is 22.5. The van der Waals surface area contributed by atoms with E-state index in [0.29, 0.717) is 18.0 Å². The van der Waals surface area contributed by atoms with Gasteiger partial charge in [0.2, 0.25) is 5.91 Å². The van der Waals surface area contributed by atoms with E-state index < -0.39 is 11.7 Å². The van der Waals surface area contributed by atoms with Gasteiger partial charge in [-0.25, -0.2) is 0 Å². The minimum absolute atomic E-state index is 0.00155. The number of amides is 1. The zero-order valence-corrected chi connectivity index (χ0v) is 17.0. The van der Waals surface area contributed by atoms with Crippen molar-refractivity contribution in [2.75, 3.05) is 57.7 Å². The van der Waals surface area contributed by atoms with Crippen molar-refractivity contribution in [1.29, 1.82) is 0 Å². The number of carbonyl (C=O) groups excluding carboxylic acids is 1. The third-order valence-electron chi connectivity index (χ3n) is 4.53. The molecule has 0 bridgehead atoms. The largest absolute Gasteiger partial charge is 0.497 e. The Hall–Kier alpha value is -2.74. The second-order valence-corrected chi connectivity index (χ2v) is 6.89. The number of hydrogen-bond donors (Lipinski definition) is 0. The fraction of sp³-hybridized carbons (Fsp3) is 0.381. The Morgan fingerprint density at radius 2 is 1.59 bits per heavy atom. The number of methoxy groups -OCH3 is 1. The van der Waals surface area contributed by atoms with Crippen molar-refractivity contribution < 1.29 is 22.7 Å². The molecule has 0 aliphatic rings. The van der Waals surface area contributed by atoms with E-state index in [4.69, 9.17) is 4.74 Å². The molecule has 0 heterocycles. The van der Waals surface area contributed by atoms with E-state index in [9.17, 15) is 18.0 Å². The third kappa shape index (κ3) is 6.12. The minimum atomic E-state index is -4.50. The molecule has 1 amide bonds. The van der Waals surface area contributed by atoms with Crippen molar-refractivity contribution in [2.24, 2.45) is 0 Å². The Kier molecular flexibility index (Phi) is 7.50. The predicted molar refractivity (Wildman–Crippen MR) is 109 cm³/mol. The number of para-hydroxylation sites is 1. The third-order valence-corrected chi connectivity index (χ3v) is 4.53. The minimum Gasteiger partial charge on any atom is -0.497 e. The summed E-state index contributed by atoms with van der Waals surface area (Å²) in [5.74, 6) is 0.340. The molecule has 5 nitrogen and oxygen atoms in total. The lowest BCUT2D eigenvalue weighted by molar-refractivity contribution is -0.137. The van der Waals surface area contributed by atoms with E-state index in [0.717, 1.165) is 6.07 Å². The average molecular weight is 409 g/mol. The van der Waals surface area contributed by atoms with Crippen LogP contribution in [0.4, 0.5) is 24.5 Å². The highest BCUT2D eigenvalue weighted by Gasteiger charge is 2.35. The van der Waals surface area contributed by atoms with Gasteiger partial charge in [-0.3, -0.25) is 4.79 Å². The van der Waals surface area contributed by atoms with Crippen LogP contribution in [0, 0.1) is 0 Å². The number of alkyl halides is 3. The van der Waals surface area contributed by atoms with Crippen molar-refractivity contribution in [1.82, 2.24) is 4.90 Å². The maximum Gasteiger partial charge on any atom is 0.418 e. The number of benzene rings is 2. The van der Waals surface area contributed by atoms with Crippen molar-refractivity contribution in [3.8, 4) is 5.75 Å². The van der Waals surface area contributed by atoms with Crippen LogP contribution in [0.1, 0.15) is 5.56 Å². The Morgan fingerprint density at radius 1 is 0.966 bits per heavy atom. The van der Waals surface area contributed by atoms with Gasteiger partial charge < -0.3 is 19.4 Å². The van der Waals surface area contributed by atoms with Crippen LogP contribution in [0.25, 0.3) is 0 Å². The summed E-state index contributed by atoms with van der Waals surface area (Å²) in [5, 5.41) is 0. The van der Waals surface area contributed by atoms with Gasteiger partial charge in [-0.05, 0) is 50.5 Å². The first-order valence-corrected chi connectivity index (χ1v) is 9.10. The number of halogens is 3.